The van der Waals surface area contributed by atoms with Gasteiger partial charge in [0.2, 0.25) is 0 Å². The van der Waals surface area contributed by atoms with Gasteiger partial charge in [0.15, 0.2) is 0 Å². The van der Waals surface area contributed by atoms with Crippen molar-refractivity contribution < 1.29 is 14.3 Å². The van der Waals surface area contributed by atoms with E-state index >= 15 is 0 Å². The van der Waals surface area contributed by atoms with Crippen LogP contribution in [-0.2, 0) is 16.0 Å². The van der Waals surface area contributed by atoms with Crippen LogP contribution in [0, 0.1) is 0 Å². The highest BCUT2D eigenvalue weighted by molar-refractivity contribution is 5.83. The maximum atomic E-state index is 11.5. The summed E-state index contributed by atoms with van der Waals surface area (Å²) in [6, 6.07) is -1.13. The van der Waals surface area contributed by atoms with Crippen LogP contribution in [0.4, 0.5) is 4.79 Å². The Kier molecular flexibility index (Phi) is 4.99. The number of nitrogens with zero attached hydrogens (tertiary/aromatic N) is 1. The molecule has 0 aromatic carbocycles. The van der Waals surface area contributed by atoms with E-state index in [2.05, 4.69) is 25.3 Å². The molecule has 0 unspecified atom stereocenters. The molecule has 1 atom stereocenters. The lowest BCUT2D eigenvalue weighted by Gasteiger charge is -2.15. The minimum Gasteiger partial charge on any atom is -0.467 e. The number of hydrogen-bond acceptors (Lipinski definition) is 4. The average Bonchev–Trinajstić information content (AvgIpc) is 2.80. The minimum atomic E-state index is -0.730. The fraction of sp³-hybridized carbons (Fsp3) is 0.500. The van der Waals surface area contributed by atoms with E-state index in [4.69, 9.17) is 0 Å². The molecule has 7 heteroatoms. The van der Waals surface area contributed by atoms with E-state index in [0.29, 0.717) is 13.0 Å². The van der Waals surface area contributed by atoms with Crippen molar-refractivity contribution in [1.82, 2.24) is 20.6 Å². The number of aromatic nitrogens is 2. The lowest BCUT2D eigenvalue weighted by atomic mass is 10.1. The fourth-order valence-corrected chi connectivity index (χ4v) is 1.32. The van der Waals surface area contributed by atoms with Crippen molar-refractivity contribution in [3.63, 3.8) is 0 Å². The third-order valence-corrected chi connectivity index (χ3v) is 2.11. The van der Waals surface area contributed by atoms with Gasteiger partial charge in [-0.2, -0.15) is 0 Å². The first-order chi connectivity index (χ1) is 8.17. The monoisotopic (exact) mass is 240 g/mol. The fourth-order valence-electron chi connectivity index (χ4n) is 1.32. The Balaban J connectivity index is 2.60. The summed E-state index contributed by atoms with van der Waals surface area (Å²) >= 11 is 0. The predicted molar refractivity (Wildman–Crippen MR) is 60.3 cm³/mol. The van der Waals surface area contributed by atoms with Crippen LogP contribution in [0.5, 0.6) is 0 Å². The number of carbonyl (C=O) groups excluding carboxylic acids is 2. The second-order valence-electron chi connectivity index (χ2n) is 3.36. The van der Waals surface area contributed by atoms with Crippen LogP contribution < -0.4 is 10.6 Å². The number of H-pyrrole nitrogens is 1. The van der Waals surface area contributed by atoms with Crippen molar-refractivity contribution in [3.05, 3.63) is 18.2 Å². The summed E-state index contributed by atoms with van der Waals surface area (Å²) in [6.45, 7) is 2.28. The van der Waals surface area contributed by atoms with Crippen molar-refractivity contribution in [1.29, 1.82) is 0 Å². The SMILES string of the molecule is CCNC(=O)N[C@@H](Cc1cnc[nH]1)C(=O)OC. The molecule has 0 aliphatic rings. The smallest absolute Gasteiger partial charge is 0.328 e. The van der Waals surface area contributed by atoms with Crippen LogP contribution in [0.1, 0.15) is 12.6 Å². The van der Waals surface area contributed by atoms with E-state index in [9.17, 15) is 9.59 Å². The molecule has 7 nitrogen and oxygen atoms in total. The van der Waals surface area contributed by atoms with E-state index < -0.39 is 18.0 Å². The molecule has 0 fully saturated rings. The number of esters is 1. The Morgan fingerprint density at radius 3 is 2.88 bits per heavy atom. The summed E-state index contributed by atoms with van der Waals surface area (Å²) < 4.78 is 4.62. The molecule has 0 bridgehead atoms. The van der Waals surface area contributed by atoms with Gasteiger partial charge < -0.3 is 20.4 Å². The summed E-state index contributed by atoms with van der Waals surface area (Å²) in [6.07, 6.45) is 3.41. The lowest BCUT2D eigenvalue weighted by Crippen LogP contribution is -2.47. The largest absolute Gasteiger partial charge is 0.467 e. The van der Waals surface area contributed by atoms with Gasteiger partial charge in [-0.1, -0.05) is 0 Å². The molecular weight excluding hydrogens is 224 g/mol. The second kappa shape index (κ2) is 6.51. The zero-order valence-electron chi connectivity index (χ0n) is 9.82. The van der Waals surface area contributed by atoms with E-state index in [1.54, 1.807) is 13.1 Å². The summed E-state index contributed by atoms with van der Waals surface area (Å²) in [5, 5.41) is 5.09. The second-order valence-corrected chi connectivity index (χ2v) is 3.36. The maximum Gasteiger partial charge on any atom is 0.328 e. The Bertz CT molecular complexity index is 364. The highest BCUT2D eigenvalue weighted by atomic mass is 16.5. The molecule has 1 rings (SSSR count). The Hall–Kier alpha value is -2.05. The zero-order valence-corrected chi connectivity index (χ0v) is 9.82. The highest BCUT2D eigenvalue weighted by Gasteiger charge is 2.22. The molecule has 0 aliphatic heterocycles. The molecule has 0 aliphatic carbocycles. The summed E-state index contributed by atoms with van der Waals surface area (Å²) in [5.74, 6) is -0.495. The molecule has 0 spiro atoms. The van der Waals surface area contributed by atoms with Gasteiger partial charge in [0.1, 0.15) is 6.04 Å². The highest BCUT2D eigenvalue weighted by Crippen LogP contribution is 2.00. The number of amides is 2. The number of imidazole rings is 1. The number of ether oxygens (including phenoxy) is 1. The number of methoxy groups -OCH3 is 1. The molecular formula is C10H16N4O3. The first-order valence-electron chi connectivity index (χ1n) is 5.26. The number of carbonyl (C=O) groups is 2. The standard InChI is InChI=1S/C10H16N4O3/c1-3-12-10(16)14-8(9(15)17-2)4-7-5-11-6-13-7/h5-6,8H,3-4H2,1-2H3,(H,11,13)(H2,12,14,16)/t8-/m0/s1. The molecule has 94 valence electrons. The zero-order chi connectivity index (χ0) is 12.7. The molecule has 1 aromatic heterocycles. The van der Waals surface area contributed by atoms with Crippen LogP contribution in [0.3, 0.4) is 0 Å². The molecule has 2 amide bonds. The number of nitrogens with one attached hydrogen (secondary N) is 3. The van der Waals surface area contributed by atoms with Crippen LogP contribution in [0.25, 0.3) is 0 Å². The summed E-state index contributed by atoms with van der Waals surface area (Å²) in [7, 11) is 1.28. The van der Waals surface area contributed by atoms with Crippen molar-refractivity contribution in [2.24, 2.45) is 0 Å². The van der Waals surface area contributed by atoms with E-state index in [0.717, 1.165) is 5.69 Å². The predicted octanol–water partition coefficient (Wildman–Crippen LogP) is -0.187. The average molecular weight is 240 g/mol. The van der Waals surface area contributed by atoms with Gasteiger partial charge in [-0.05, 0) is 6.92 Å². The van der Waals surface area contributed by atoms with E-state index in [1.807, 2.05) is 0 Å². The Morgan fingerprint density at radius 2 is 2.35 bits per heavy atom. The van der Waals surface area contributed by atoms with Gasteiger partial charge in [-0.25, -0.2) is 14.6 Å². The van der Waals surface area contributed by atoms with Gasteiger partial charge in [-0.3, -0.25) is 0 Å². The number of aromatic amines is 1. The molecule has 3 N–H and O–H groups in total. The van der Waals surface area contributed by atoms with Gasteiger partial charge in [-0.15, -0.1) is 0 Å². The third kappa shape index (κ3) is 4.13. The van der Waals surface area contributed by atoms with Gasteiger partial charge in [0.25, 0.3) is 0 Å². The summed E-state index contributed by atoms with van der Waals surface area (Å²) in [5.41, 5.74) is 0.747. The van der Waals surface area contributed by atoms with Crippen molar-refractivity contribution in [3.8, 4) is 0 Å². The molecule has 1 aromatic rings. The number of rotatable bonds is 5. The van der Waals surface area contributed by atoms with Gasteiger partial charge in [0, 0.05) is 24.9 Å². The molecule has 0 saturated heterocycles. The van der Waals surface area contributed by atoms with Gasteiger partial charge in [0.05, 0.1) is 13.4 Å². The number of hydrogen-bond donors (Lipinski definition) is 3. The van der Waals surface area contributed by atoms with Crippen LogP contribution in [-0.4, -0.2) is 41.7 Å². The first kappa shape index (κ1) is 13.0. The summed E-state index contributed by atoms with van der Waals surface area (Å²) in [4.78, 5) is 29.5. The van der Waals surface area contributed by atoms with Crippen molar-refractivity contribution in [2.75, 3.05) is 13.7 Å². The van der Waals surface area contributed by atoms with Gasteiger partial charge >= 0.3 is 12.0 Å². The Labute approximate surface area is 99.0 Å². The van der Waals surface area contributed by atoms with E-state index in [1.165, 1.54) is 13.4 Å². The Morgan fingerprint density at radius 1 is 1.59 bits per heavy atom. The quantitative estimate of drug-likeness (QED) is 0.622. The third-order valence-electron chi connectivity index (χ3n) is 2.11. The normalized spacial score (nSPS) is 11.6. The van der Waals surface area contributed by atoms with Crippen molar-refractivity contribution in [2.45, 2.75) is 19.4 Å². The number of urea groups is 1. The maximum absolute atomic E-state index is 11.5. The first-order valence-corrected chi connectivity index (χ1v) is 5.26. The van der Waals surface area contributed by atoms with E-state index in [-0.39, 0.29) is 0 Å². The lowest BCUT2D eigenvalue weighted by molar-refractivity contribution is -0.142. The van der Waals surface area contributed by atoms with Crippen LogP contribution in [0.15, 0.2) is 12.5 Å². The van der Waals surface area contributed by atoms with Crippen molar-refractivity contribution >= 4 is 12.0 Å². The minimum absolute atomic E-state index is 0.309. The molecule has 1 heterocycles. The van der Waals surface area contributed by atoms with Crippen LogP contribution in [0.2, 0.25) is 0 Å². The molecule has 0 radical (unpaired) electrons. The molecule has 17 heavy (non-hydrogen) atoms. The molecule has 0 saturated carbocycles. The van der Waals surface area contributed by atoms with Crippen LogP contribution >= 0.6 is 0 Å². The topological polar surface area (TPSA) is 96.1 Å².